The topological polar surface area (TPSA) is 53.3 Å². The second-order valence-corrected chi connectivity index (χ2v) is 4.15. The summed E-state index contributed by atoms with van der Waals surface area (Å²) in [6, 6.07) is 2.20. The van der Waals surface area contributed by atoms with Gasteiger partial charge in [-0.2, -0.15) is 5.26 Å². The molecule has 0 amide bonds. The number of esters is 1. The van der Waals surface area contributed by atoms with E-state index in [2.05, 4.69) is 11.0 Å². The molecule has 2 bridgehead atoms. The van der Waals surface area contributed by atoms with E-state index in [4.69, 9.17) is 10.00 Å². The van der Waals surface area contributed by atoms with E-state index in [0.29, 0.717) is 6.54 Å². The van der Waals surface area contributed by atoms with Crippen LogP contribution >= 0.6 is 0 Å². The fraction of sp³-hybridized carbons (Fsp3) is 0.800. The summed E-state index contributed by atoms with van der Waals surface area (Å²) in [5.41, 5.74) is -0.859. The SMILES string of the molecule is CC(=O)O[C@]1(C#N)CN2CCC1CC2. The third-order valence-corrected chi connectivity index (χ3v) is 3.22. The summed E-state index contributed by atoms with van der Waals surface area (Å²) in [6.07, 6.45) is 1.95. The number of hydrogen-bond acceptors (Lipinski definition) is 4. The van der Waals surface area contributed by atoms with E-state index in [-0.39, 0.29) is 11.9 Å². The lowest BCUT2D eigenvalue weighted by molar-refractivity contribution is -0.168. The van der Waals surface area contributed by atoms with Crippen molar-refractivity contribution in [2.45, 2.75) is 25.4 Å². The van der Waals surface area contributed by atoms with Crippen LogP contribution < -0.4 is 0 Å². The van der Waals surface area contributed by atoms with Gasteiger partial charge in [0.1, 0.15) is 6.07 Å². The zero-order chi connectivity index (χ0) is 10.2. The predicted molar refractivity (Wildman–Crippen MR) is 49.3 cm³/mol. The molecule has 3 aliphatic rings. The summed E-state index contributed by atoms with van der Waals surface area (Å²) in [5, 5.41) is 9.16. The van der Waals surface area contributed by atoms with Gasteiger partial charge in [-0.15, -0.1) is 0 Å². The lowest BCUT2D eigenvalue weighted by Gasteiger charge is -2.48. The van der Waals surface area contributed by atoms with Crippen LogP contribution in [-0.2, 0) is 9.53 Å². The number of hydrogen-bond donors (Lipinski definition) is 0. The molecule has 0 N–H and O–H groups in total. The first-order chi connectivity index (χ1) is 6.66. The molecule has 4 nitrogen and oxygen atoms in total. The van der Waals surface area contributed by atoms with Gasteiger partial charge in [-0.3, -0.25) is 9.69 Å². The van der Waals surface area contributed by atoms with Gasteiger partial charge < -0.3 is 4.74 Å². The number of nitriles is 1. The predicted octanol–water partition coefficient (Wildman–Crippen LogP) is 0.537. The minimum atomic E-state index is -0.859. The molecule has 3 rings (SSSR count). The molecule has 0 unspecified atom stereocenters. The van der Waals surface area contributed by atoms with Gasteiger partial charge >= 0.3 is 5.97 Å². The summed E-state index contributed by atoms with van der Waals surface area (Å²) in [5.74, 6) is -0.110. The zero-order valence-corrected chi connectivity index (χ0v) is 8.32. The molecule has 1 atom stereocenters. The van der Waals surface area contributed by atoms with Crippen LogP contribution in [0.3, 0.4) is 0 Å². The second-order valence-electron chi connectivity index (χ2n) is 4.15. The number of carbonyl (C=O) groups is 1. The summed E-state index contributed by atoms with van der Waals surface area (Å²) < 4.78 is 5.22. The second kappa shape index (κ2) is 3.25. The first kappa shape index (κ1) is 9.47. The average molecular weight is 194 g/mol. The van der Waals surface area contributed by atoms with Gasteiger partial charge in [0, 0.05) is 12.8 Å². The molecule has 3 fully saturated rings. The highest BCUT2D eigenvalue weighted by Crippen LogP contribution is 2.37. The van der Waals surface area contributed by atoms with Crippen LogP contribution in [0, 0.1) is 17.2 Å². The van der Waals surface area contributed by atoms with Crippen molar-refractivity contribution < 1.29 is 9.53 Å². The average Bonchev–Trinajstić information content (AvgIpc) is 2.18. The number of piperidine rings is 3. The Bertz CT molecular complexity index is 289. The number of rotatable bonds is 1. The number of ether oxygens (including phenoxy) is 1. The Morgan fingerprint density at radius 3 is 2.57 bits per heavy atom. The molecule has 3 saturated heterocycles. The standard InChI is InChI=1S/C10H14N2O2/c1-8(13)14-10(6-11)7-12-4-2-9(10)3-5-12/h9H,2-5,7H2,1H3/t10-/m1/s1. The van der Waals surface area contributed by atoms with E-state index in [1.54, 1.807) is 0 Å². The maximum absolute atomic E-state index is 11.0. The molecule has 4 heteroatoms. The van der Waals surface area contributed by atoms with E-state index in [1.165, 1.54) is 6.92 Å². The lowest BCUT2D eigenvalue weighted by Crippen LogP contribution is -2.60. The molecule has 3 aliphatic heterocycles. The molecule has 3 heterocycles. The van der Waals surface area contributed by atoms with E-state index >= 15 is 0 Å². The largest absolute Gasteiger partial charge is 0.442 e. The minimum Gasteiger partial charge on any atom is -0.442 e. The molecule has 0 saturated carbocycles. The van der Waals surface area contributed by atoms with Crippen molar-refractivity contribution in [1.82, 2.24) is 4.90 Å². The van der Waals surface area contributed by atoms with Crippen LogP contribution in [0.2, 0.25) is 0 Å². The van der Waals surface area contributed by atoms with Crippen molar-refractivity contribution in [2.75, 3.05) is 19.6 Å². The van der Waals surface area contributed by atoms with Gasteiger partial charge in [0.15, 0.2) is 0 Å². The minimum absolute atomic E-state index is 0.237. The monoisotopic (exact) mass is 194 g/mol. The Morgan fingerprint density at radius 2 is 2.21 bits per heavy atom. The molecule has 0 spiro atoms. The number of nitrogens with zero attached hydrogens (tertiary/aromatic N) is 2. The van der Waals surface area contributed by atoms with Crippen LogP contribution in [0.4, 0.5) is 0 Å². The van der Waals surface area contributed by atoms with E-state index in [9.17, 15) is 4.79 Å². The van der Waals surface area contributed by atoms with Gasteiger partial charge in [0.2, 0.25) is 5.60 Å². The van der Waals surface area contributed by atoms with Gasteiger partial charge in [0.05, 0.1) is 6.54 Å². The Balaban J connectivity index is 2.20. The van der Waals surface area contributed by atoms with Gasteiger partial charge in [-0.1, -0.05) is 0 Å². The van der Waals surface area contributed by atoms with Gasteiger partial charge in [-0.05, 0) is 25.9 Å². The smallest absolute Gasteiger partial charge is 0.304 e. The van der Waals surface area contributed by atoms with Crippen LogP contribution in [0.15, 0.2) is 0 Å². The van der Waals surface area contributed by atoms with Gasteiger partial charge in [0.25, 0.3) is 0 Å². The van der Waals surface area contributed by atoms with Crippen molar-refractivity contribution in [3.8, 4) is 6.07 Å². The number of fused-ring (bicyclic) bond motifs is 3. The highest BCUT2D eigenvalue weighted by atomic mass is 16.6. The summed E-state index contributed by atoms with van der Waals surface area (Å²) in [6.45, 7) is 4.04. The maximum atomic E-state index is 11.0. The van der Waals surface area contributed by atoms with Crippen LogP contribution in [0.25, 0.3) is 0 Å². The third kappa shape index (κ3) is 1.38. The van der Waals surface area contributed by atoms with Crippen molar-refractivity contribution in [2.24, 2.45) is 5.92 Å². The first-order valence-electron chi connectivity index (χ1n) is 4.99. The van der Waals surface area contributed by atoms with Crippen molar-refractivity contribution >= 4 is 5.97 Å². The van der Waals surface area contributed by atoms with Crippen molar-refractivity contribution in [3.63, 3.8) is 0 Å². The third-order valence-electron chi connectivity index (χ3n) is 3.22. The van der Waals surface area contributed by atoms with Crippen LogP contribution in [-0.4, -0.2) is 36.1 Å². The van der Waals surface area contributed by atoms with Crippen LogP contribution in [0.1, 0.15) is 19.8 Å². The first-order valence-corrected chi connectivity index (χ1v) is 4.99. The molecule has 0 radical (unpaired) electrons. The highest BCUT2D eigenvalue weighted by Gasteiger charge is 2.49. The fourth-order valence-corrected chi connectivity index (χ4v) is 2.54. The fourth-order valence-electron chi connectivity index (χ4n) is 2.54. The zero-order valence-electron chi connectivity index (χ0n) is 8.32. The Hall–Kier alpha value is -1.08. The summed E-state index contributed by atoms with van der Waals surface area (Å²) in [7, 11) is 0. The molecule has 0 aromatic carbocycles. The van der Waals surface area contributed by atoms with E-state index in [0.717, 1.165) is 25.9 Å². The Kier molecular flexibility index (Phi) is 2.20. The summed E-state index contributed by atoms with van der Waals surface area (Å²) in [4.78, 5) is 13.2. The van der Waals surface area contributed by atoms with E-state index in [1.807, 2.05) is 0 Å². The maximum Gasteiger partial charge on any atom is 0.304 e. The Morgan fingerprint density at radius 1 is 1.57 bits per heavy atom. The highest BCUT2D eigenvalue weighted by molar-refractivity contribution is 5.67. The summed E-state index contributed by atoms with van der Waals surface area (Å²) >= 11 is 0. The normalized spacial score (nSPS) is 40.3. The molecule has 0 aromatic heterocycles. The van der Waals surface area contributed by atoms with E-state index < -0.39 is 5.60 Å². The molecule has 76 valence electrons. The Labute approximate surface area is 83.4 Å². The van der Waals surface area contributed by atoms with Crippen LogP contribution in [0.5, 0.6) is 0 Å². The molecule has 0 aromatic rings. The van der Waals surface area contributed by atoms with Crippen molar-refractivity contribution in [3.05, 3.63) is 0 Å². The molecular formula is C10H14N2O2. The van der Waals surface area contributed by atoms with Crippen molar-refractivity contribution in [1.29, 1.82) is 5.26 Å². The quantitative estimate of drug-likeness (QED) is 0.572. The molecular weight excluding hydrogens is 180 g/mol. The molecule has 14 heavy (non-hydrogen) atoms. The lowest BCUT2D eigenvalue weighted by atomic mass is 9.76. The number of carbonyl (C=O) groups excluding carboxylic acids is 1. The molecule has 0 aliphatic carbocycles. The van der Waals surface area contributed by atoms with Gasteiger partial charge in [-0.25, -0.2) is 0 Å².